The topological polar surface area (TPSA) is 74.3 Å². The fourth-order valence-corrected chi connectivity index (χ4v) is 3.60. The molecule has 1 fully saturated rings. The zero-order valence-corrected chi connectivity index (χ0v) is 14.6. The highest BCUT2D eigenvalue weighted by atomic mass is 16.2. The largest absolute Gasteiger partial charge is 0.354 e. The molecule has 3 heterocycles. The van der Waals surface area contributed by atoms with Crippen LogP contribution in [0.2, 0.25) is 0 Å². The van der Waals surface area contributed by atoms with Crippen molar-refractivity contribution in [2.45, 2.75) is 31.7 Å². The second kappa shape index (κ2) is 7.15. The Kier molecular flexibility index (Phi) is 4.56. The van der Waals surface area contributed by atoms with Gasteiger partial charge in [-0.1, -0.05) is 12.1 Å². The maximum atomic E-state index is 12.6. The molecule has 0 bridgehead atoms. The molecule has 2 aliphatic heterocycles. The fraction of sp³-hybridized carbons (Fsp3) is 0.350. The van der Waals surface area contributed by atoms with Crippen molar-refractivity contribution in [1.82, 2.24) is 10.3 Å². The molecule has 2 aromatic rings. The first-order chi connectivity index (χ1) is 12.7. The predicted molar refractivity (Wildman–Crippen MR) is 100 cm³/mol. The molecular weight excluding hydrogens is 328 g/mol. The molecule has 1 atom stereocenters. The highest BCUT2D eigenvalue weighted by Gasteiger charge is 2.25. The Bertz CT molecular complexity index is 822. The van der Waals surface area contributed by atoms with Gasteiger partial charge < -0.3 is 15.5 Å². The summed E-state index contributed by atoms with van der Waals surface area (Å²) < 4.78 is 0. The van der Waals surface area contributed by atoms with E-state index in [4.69, 9.17) is 0 Å². The van der Waals surface area contributed by atoms with E-state index in [9.17, 15) is 9.59 Å². The lowest BCUT2D eigenvalue weighted by atomic mass is 10.0. The quantitative estimate of drug-likeness (QED) is 0.891. The van der Waals surface area contributed by atoms with Crippen LogP contribution in [0, 0.1) is 0 Å². The molecule has 26 heavy (non-hydrogen) atoms. The molecule has 2 aliphatic rings. The highest BCUT2D eigenvalue weighted by molar-refractivity contribution is 5.98. The van der Waals surface area contributed by atoms with E-state index in [1.165, 1.54) is 0 Å². The number of hydrogen-bond donors (Lipinski definition) is 2. The number of carbonyl (C=O) groups excluding carboxylic acids is 2. The minimum atomic E-state index is -0.0980. The van der Waals surface area contributed by atoms with E-state index in [2.05, 4.69) is 20.5 Å². The van der Waals surface area contributed by atoms with Crippen LogP contribution in [0.4, 0.5) is 11.5 Å². The van der Waals surface area contributed by atoms with Crippen LogP contribution >= 0.6 is 0 Å². The van der Waals surface area contributed by atoms with Gasteiger partial charge in [-0.15, -0.1) is 0 Å². The Morgan fingerprint density at radius 1 is 1.23 bits per heavy atom. The molecule has 0 radical (unpaired) electrons. The zero-order valence-electron chi connectivity index (χ0n) is 14.6. The number of nitrogens with one attached hydrogen (secondary N) is 2. The number of amides is 2. The summed E-state index contributed by atoms with van der Waals surface area (Å²) in [6, 6.07) is 11.5. The van der Waals surface area contributed by atoms with Gasteiger partial charge in [0.05, 0.1) is 0 Å². The number of anilines is 2. The normalized spacial score (nSPS) is 19.5. The van der Waals surface area contributed by atoms with E-state index in [1.54, 1.807) is 12.3 Å². The highest BCUT2D eigenvalue weighted by Crippen LogP contribution is 2.24. The molecule has 0 spiro atoms. The number of nitrogens with zero attached hydrogens (tertiary/aromatic N) is 2. The maximum Gasteiger partial charge on any atom is 0.251 e. The number of aryl methyl sites for hydroxylation is 1. The average Bonchev–Trinajstić information content (AvgIpc) is 3.03. The first kappa shape index (κ1) is 16.6. The summed E-state index contributed by atoms with van der Waals surface area (Å²) in [6.45, 7) is 1.63. The molecule has 4 rings (SSSR count). The van der Waals surface area contributed by atoms with Gasteiger partial charge in [0.25, 0.3) is 5.91 Å². The predicted octanol–water partition coefficient (Wildman–Crippen LogP) is 2.37. The van der Waals surface area contributed by atoms with E-state index in [-0.39, 0.29) is 17.9 Å². The van der Waals surface area contributed by atoms with Crippen LogP contribution in [0.15, 0.2) is 42.6 Å². The van der Waals surface area contributed by atoms with Gasteiger partial charge in [0.15, 0.2) is 0 Å². The summed E-state index contributed by atoms with van der Waals surface area (Å²) >= 11 is 0. The summed E-state index contributed by atoms with van der Waals surface area (Å²) in [6.07, 6.45) is 4.91. The van der Waals surface area contributed by atoms with Crippen molar-refractivity contribution in [3.8, 4) is 0 Å². The molecule has 1 aromatic heterocycles. The van der Waals surface area contributed by atoms with Crippen molar-refractivity contribution in [3.63, 3.8) is 0 Å². The van der Waals surface area contributed by atoms with Crippen LogP contribution in [-0.4, -0.2) is 35.9 Å². The van der Waals surface area contributed by atoms with E-state index < -0.39 is 0 Å². The number of benzene rings is 1. The third kappa shape index (κ3) is 3.54. The minimum absolute atomic E-state index is 0.0168. The lowest BCUT2D eigenvalue weighted by Gasteiger charge is -2.18. The van der Waals surface area contributed by atoms with Crippen LogP contribution in [-0.2, 0) is 11.2 Å². The van der Waals surface area contributed by atoms with Gasteiger partial charge in [-0.3, -0.25) is 9.59 Å². The van der Waals surface area contributed by atoms with Crippen molar-refractivity contribution >= 4 is 23.3 Å². The second-order valence-electron chi connectivity index (χ2n) is 6.87. The smallest absolute Gasteiger partial charge is 0.251 e. The van der Waals surface area contributed by atoms with E-state index in [0.29, 0.717) is 12.0 Å². The molecule has 1 saturated heterocycles. The summed E-state index contributed by atoms with van der Waals surface area (Å²) in [5.41, 5.74) is 2.44. The molecule has 6 nitrogen and oxygen atoms in total. The second-order valence-corrected chi connectivity index (χ2v) is 6.87. The SMILES string of the molecule is O=C1CCCc2ccc(C(=O)NC3CCN(c4ccccn4)C3)cc2N1. The standard InChI is InChI=1S/C20H22N4O2/c25-19-6-3-4-14-7-8-15(12-17(14)23-19)20(26)22-16-9-11-24(13-16)18-5-1-2-10-21-18/h1-2,5,7-8,10,12,16H,3-4,6,9,11,13H2,(H,22,26)(H,23,25). The van der Waals surface area contributed by atoms with Crippen molar-refractivity contribution < 1.29 is 9.59 Å². The van der Waals surface area contributed by atoms with Gasteiger partial charge >= 0.3 is 0 Å². The average molecular weight is 350 g/mol. The molecular formula is C20H22N4O2. The maximum absolute atomic E-state index is 12.6. The lowest BCUT2D eigenvalue weighted by Crippen LogP contribution is -2.37. The fourth-order valence-electron chi connectivity index (χ4n) is 3.60. The van der Waals surface area contributed by atoms with Crippen molar-refractivity contribution in [2.75, 3.05) is 23.3 Å². The number of pyridine rings is 1. The van der Waals surface area contributed by atoms with Crippen LogP contribution in [0.3, 0.4) is 0 Å². The van der Waals surface area contributed by atoms with Gasteiger partial charge in [-0.2, -0.15) is 0 Å². The molecule has 1 aromatic carbocycles. The monoisotopic (exact) mass is 350 g/mol. The Hall–Kier alpha value is -2.89. The molecule has 2 amide bonds. The zero-order chi connectivity index (χ0) is 17.9. The summed E-state index contributed by atoms with van der Waals surface area (Å²) in [4.78, 5) is 30.9. The first-order valence-corrected chi connectivity index (χ1v) is 9.09. The summed E-state index contributed by atoms with van der Waals surface area (Å²) in [7, 11) is 0. The minimum Gasteiger partial charge on any atom is -0.354 e. The first-order valence-electron chi connectivity index (χ1n) is 9.09. The number of carbonyl (C=O) groups is 2. The molecule has 0 aliphatic carbocycles. The third-order valence-corrected chi connectivity index (χ3v) is 4.99. The van der Waals surface area contributed by atoms with Crippen LogP contribution in [0.1, 0.15) is 35.2 Å². The molecule has 0 saturated carbocycles. The van der Waals surface area contributed by atoms with Gasteiger partial charge in [0.2, 0.25) is 5.91 Å². The number of aromatic nitrogens is 1. The van der Waals surface area contributed by atoms with Gasteiger partial charge in [0, 0.05) is 43.0 Å². The van der Waals surface area contributed by atoms with Crippen LogP contribution in [0.5, 0.6) is 0 Å². The number of rotatable bonds is 3. The molecule has 134 valence electrons. The molecule has 1 unspecified atom stereocenters. The Morgan fingerprint density at radius 3 is 3.00 bits per heavy atom. The van der Waals surface area contributed by atoms with Gasteiger partial charge in [-0.25, -0.2) is 4.98 Å². The van der Waals surface area contributed by atoms with Crippen molar-refractivity contribution in [3.05, 3.63) is 53.7 Å². The third-order valence-electron chi connectivity index (χ3n) is 4.99. The molecule has 2 N–H and O–H groups in total. The summed E-state index contributed by atoms with van der Waals surface area (Å²) in [5, 5.41) is 6.01. The van der Waals surface area contributed by atoms with Crippen molar-refractivity contribution in [2.24, 2.45) is 0 Å². The van der Waals surface area contributed by atoms with Gasteiger partial charge in [-0.05, 0) is 49.1 Å². The van der Waals surface area contributed by atoms with Gasteiger partial charge in [0.1, 0.15) is 5.82 Å². The van der Waals surface area contributed by atoms with Crippen molar-refractivity contribution in [1.29, 1.82) is 0 Å². The Balaban J connectivity index is 1.42. The van der Waals surface area contributed by atoms with Crippen LogP contribution in [0.25, 0.3) is 0 Å². The Morgan fingerprint density at radius 2 is 2.15 bits per heavy atom. The lowest BCUT2D eigenvalue weighted by molar-refractivity contribution is -0.116. The summed E-state index contributed by atoms with van der Waals surface area (Å²) in [5.74, 6) is 0.860. The van der Waals surface area contributed by atoms with Crippen LogP contribution < -0.4 is 15.5 Å². The van der Waals surface area contributed by atoms with E-state index in [0.717, 1.165) is 49.4 Å². The Labute approximate surface area is 152 Å². The molecule has 6 heteroatoms. The number of hydrogen-bond acceptors (Lipinski definition) is 4. The number of fused-ring (bicyclic) bond motifs is 1. The van der Waals surface area contributed by atoms with E-state index >= 15 is 0 Å². The van der Waals surface area contributed by atoms with E-state index in [1.807, 2.05) is 30.3 Å².